The van der Waals surface area contributed by atoms with Crippen molar-refractivity contribution >= 4 is 6.09 Å². The van der Waals surface area contributed by atoms with Crippen LogP contribution in [0.3, 0.4) is 0 Å². The quantitative estimate of drug-likeness (QED) is 0.852. The van der Waals surface area contributed by atoms with Crippen molar-refractivity contribution in [2.75, 3.05) is 26.2 Å². The highest BCUT2D eigenvalue weighted by Crippen LogP contribution is 2.34. The van der Waals surface area contributed by atoms with Gasteiger partial charge in [0.25, 0.3) is 0 Å². The van der Waals surface area contributed by atoms with Crippen LogP contribution >= 0.6 is 0 Å². The van der Waals surface area contributed by atoms with Crippen LogP contribution in [0, 0.1) is 5.92 Å². The Bertz CT molecular complexity index is 354. The first-order chi connectivity index (χ1) is 9.77. The normalized spacial score (nSPS) is 23.9. The molecule has 5 heteroatoms. The molecule has 1 amide bonds. The number of nitrogens with one attached hydrogen (secondary N) is 1. The van der Waals surface area contributed by atoms with Crippen LogP contribution in [-0.4, -0.2) is 48.4 Å². The summed E-state index contributed by atoms with van der Waals surface area (Å²) in [5.41, 5.74) is -1.45. The highest BCUT2D eigenvalue weighted by molar-refractivity contribution is 5.68. The zero-order valence-electron chi connectivity index (χ0n) is 13.6. The Labute approximate surface area is 127 Å². The lowest BCUT2D eigenvalue weighted by Crippen LogP contribution is -2.44. The molecular formula is C16H29FN2O2. The summed E-state index contributed by atoms with van der Waals surface area (Å²) in [6.45, 7) is 8.58. The molecule has 0 aromatic carbocycles. The molecule has 2 saturated heterocycles. The van der Waals surface area contributed by atoms with E-state index in [4.69, 9.17) is 4.74 Å². The van der Waals surface area contributed by atoms with E-state index in [1.807, 2.05) is 20.8 Å². The molecule has 2 rings (SSSR count). The molecule has 2 heterocycles. The minimum Gasteiger partial charge on any atom is -0.444 e. The van der Waals surface area contributed by atoms with Crippen molar-refractivity contribution in [1.29, 1.82) is 0 Å². The van der Waals surface area contributed by atoms with Crippen LogP contribution in [0.25, 0.3) is 0 Å². The Morgan fingerprint density at radius 1 is 1.29 bits per heavy atom. The van der Waals surface area contributed by atoms with Gasteiger partial charge in [0, 0.05) is 13.1 Å². The Hall–Kier alpha value is -0.840. The summed E-state index contributed by atoms with van der Waals surface area (Å²) < 4.78 is 20.1. The number of nitrogens with zero attached hydrogens (tertiary/aromatic N) is 1. The van der Waals surface area contributed by atoms with Crippen LogP contribution in [0.4, 0.5) is 9.18 Å². The Kier molecular flexibility index (Phi) is 5.12. The first-order valence-corrected chi connectivity index (χ1v) is 8.15. The van der Waals surface area contributed by atoms with Crippen molar-refractivity contribution in [3.8, 4) is 0 Å². The smallest absolute Gasteiger partial charge is 0.410 e. The fourth-order valence-corrected chi connectivity index (χ4v) is 3.24. The van der Waals surface area contributed by atoms with Crippen molar-refractivity contribution in [3.05, 3.63) is 0 Å². The summed E-state index contributed by atoms with van der Waals surface area (Å²) in [5.74, 6) is 0.395. The van der Waals surface area contributed by atoms with Gasteiger partial charge in [0.05, 0.1) is 0 Å². The van der Waals surface area contributed by atoms with Crippen molar-refractivity contribution in [3.63, 3.8) is 0 Å². The van der Waals surface area contributed by atoms with Crippen molar-refractivity contribution < 1.29 is 13.9 Å². The highest BCUT2D eigenvalue weighted by Gasteiger charge is 2.36. The first-order valence-electron chi connectivity index (χ1n) is 8.15. The predicted molar refractivity (Wildman–Crippen MR) is 81.1 cm³/mol. The second kappa shape index (κ2) is 6.51. The average molecular weight is 300 g/mol. The minimum atomic E-state index is -0.996. The fourth-order valence-electron chi connectivity index (χ4n) is 3.24. The standard InChI is InChI=1S/C16H29FN2O2/c1-15(2,3)21-14(20)19-10-4-13(5-11-19)12-16(17)6-8-18-9-7-16/h13,18H,4-12H2,1-3H3. The predicted octanol–water partition coefficient (Wildman–Crippen LogP) is 3.12. The number of carbonyl (C=O) groups excluding carboxylic acids is 1. The molecule has 0 atom stereocenters. The molecule has 2 aliphatic rings. The van der Waals surface area contributed by atoms with Crippen LogP contribution in [0.2, 0.25) is 0 Å². The summed E-state index contributed by atoms with van der Waals surface area (Å²) in [6, 6.07) is 0. The first kappa shape index (κ1) is 16.5. The van der Waals surface area contributed by atoms with Crippen LogP contribution < -0.4 is 5.32 Å². The number of hydrogen-bond acceptors (Lipinski definition) is 3. The van der Waals surface area contributed by atoms with Gasteiger partial charge in [-0.2, -0.15) is 0 Å². The van der Waals surface area contributed by atoms with Crippen LogP contribution in [-0.2, 0) is 4.74 Å². The van der Waals surface area contributed by atoms with E-state index in [2.05, 4.69) is 5.32 Å². The summed E-state index contributed by atoms with van der Waals surface area (Å²) in [5, 5.41) is 3.21. The van der Waals surface area contributed by atoms with E-state index in [0.29, 0.717) is 38.3 Å². The maximum atomic E-state index is 14.7. The molecule has 0 radical (unpaired) electrons. The topological polar surface area (TPSA) is 41.6 Å². The van der Waals surface area contributed by atoms with Gasteiger partial charge in [-0.1, -0.05) is 0 Å². The molecule has 4 nitrogen and oxygen atoms in total. The zero-order valence-corrected chi connectivity index (χ0v) is 13.6. The highest BCUT2D eigenvalue weighted by atomic mass is 19.1. The number of piperidine rings is 2. The third-order valence-electron chi connectivity index (χ3n) is 4.42. The largest absolute Gasteiger partial charge is 0.444 e. The number of alkyl halides is 1. The van der Waals surface area contributed by atoms with Crippen LogP contribution in [0.5, 0.6) is 0 Å². The number of halogens is 1. The van der Waals surface area contributed by atoms with E-state index in [-0.39, 0.29) is 6.09 Å². The molecule has 1 N–H and O–H groups in total. The number of ether oxygens (including phenoxy) is 1. The number of carbonyl (C=O) groups is 1. The van der Waals surface area contributed by atoms with Gasteiger partial charge in [0.2, 0.25) is 0 Å². The average Bonchev–Trinajstić information content (AvgIpc) is 2.38. The number of hydrogen-bond donors (Lipinski definition) is 1. The van der Waals surface area contributed by atoms with Gasteiger partial charge in [-0.15, -0.1) is 0 Å². The zero-order chi connectivity index (χ0) is 15.5. The SMILES string of the molecule is CC(C)(C)OC(=O)N1CCC(CC2(F)CCNCC2)CC1. The fraction of sp³-hybridized carbons (Fsp3) is 0.938. The molecule has 122 valence electrons. The van der Waals surface area contributed by atoms with Crippen molar-refractivity contribution in [2.24, 2.45) is 5.92 Å². The van der Waals surface area contributed by atoms with E-state index < -0.39 is 11.3 Å². The number of amides is 1. The van der Waals surface area contributed by atoms with E-state index in [1.165, 1.54) is 0 Å². The Morgan fingerprint density at radius 2 is 1.86 bits per heavy atom. The van der Waals surface area contributed by atoms with Crippen LogP contribution in [0.15, 0.2) is 0 Å². The van der Waals surface area contributed by atoms with E-state index in [9.17, 15) is 9.18 Å². The molecule has 0 saturated carbocycles. The molecule has 0 unspecified atom stereocenters. The maximum Gasteiger partial charge on any atom is 0.410 e. The van der Waals surface area contributed by atoms with Gasteiger partial charge in [-0.25, -0.2) is 9.18 Å². The third-order valence-corrected chi connectivity index (χ3v) is 4.42. The van der Waals surface area contributed by atoms with Crippen molar-refractivity contribution in [2.45, 2.75) is 64.1 Å². The molecule has 0 bridgehead atoms. The van der Waals surface area contributed by atoms with Gasteiger partial charge in [-0.3, -0.25) is 0 Å². The molecule has 0 aliphatic carbocycles. The second-order valence-corrected chi connectivity index (χ2v) is 7.52. The molecule has 2 aliphatic heterocycles. The lowest BCUT2D eigenvalue weighted by atomic mass is 9.81. The van der Waals surface area contributed by atoms with E-state index in [1.54, 1.807) is 4.90 Å². The Morgan fingerprint density at radius 3 is 2.38 bits per heavy atom. The van der Waals surface area contributed by atoms with E-state index in [0.717, 1.165) is 25.9 Å². The van der Waals surface area contributed by atoms with Crippen LogP contribution in [0.1, 0.15) is 52.9 Å². The summed E-state index contributed by atoms with van der Waals surface area (Å²) >= 11 is 0. The molecular weight excluding hydrogens is 271 g/mol. The molecule has 0 spiro atoms. The minimum absolute atomic E-state index is 0.238. The third kappa shape index (κ3) is 5.13. The summed E-state index contributed by atoms with van der Waals surface area (Å²) in [4.78, 5) is 13.8. The van der Waals surface area contributed by atoms with Crippen molar-refractivity contribution in [1.82, 2.24) is 10.2 Å². The number of rotatable bonds is 2. The molecule has 21 heavy (non-hydrogen) atoms. The number of likely N-dealkylation sites (tertiary alicyclic amines) is 1. The molecule has 0 aromatic heterocycles. The van der Waals surface area contributed by atoms with Gasteiger partial charge < -0.3 is 15.0 Å². The maximum absolute atomic E-state index is 14.7. The van der Waals surface area contributed by atoms with Gasteiger partial charge in [0.15, 0.2) is 0 Å². The lowest BCUT2D eigenvalue weighted by molar-refractivity contribution is 0.0131. The van der Waals surface area contributed by atoms with Gasteiger partial charge in [0.1, 0.15) is 11.3 Å². The van der Waals surface area contributed by atoms with Gasteiger partial charge >= 0.3 is 6.09 Å². The monoisotopic (exact) mass is 300 g/mol. The lowest BCUT2D eigenvalue weighted by Gasteiger charge is -2.37. The second-order valence-electron chi connectivity index (χ2n) is 7.52. The molecule has 0 aromatic rings. The summed E-state index contributed by atoms with van der Waals surface area (Å²) in [6.07, 6.45) is 3.43. The Balaban J connectivity index is 1.76. The van der Waals surface area contributed by atoms with E-state index >= 15 is 0 Å². The van der Waals surface area contributed by atoms with Gasteiger partial charge in [-0.05, 0) is 71.9 Å². The summed E-state index contributed by atoms with van der Waals surface area (Å²) in [7, 11) is 0. The molecule has 2 fully saturated rings.